The second-order valence-corrected chi connectivity index (χ2v) is 5.97. The van der Waals surface area contributed by atoms with E-state index in [1.807, 2.05) is 49.1 Å². The first-order valence-corrected chi connectivity index (χ1v) is 7.97. The maximum atomic E-state index is 12.9. The largest absolute Gasteiger partial charge is 0.339 e. The molecular weight excluding hydrogens is 270 g/mol. The summed E-state index contributed by atoms with van der Waals surface area (Å²) in [5.41, 5.74) is 1.10. The molecule has 0 aliphatic carbocycles. The van der Waals surface area contributed by atoms with Crippen LogP contribution in [0.5, 0.6) is 0 Å². The van der Waals surface area contributed by atoms with Gasteiger partial charge in [0.2, 0.25) is 5.91 Å². The summed E-state index contributed by atoms with van der Waals surface area (Å²) in [6.45, 7) is 8.98. The molecule has 2 nitrogen and oxygen atoms in total. The molecule has 0 N–H and O–H groups in total. The van der Waals surface area contributed by atoms with E-state index < -0.39 is 0 Å². The minimum absolute atomic E-state index is 0.0770. The number of carbonyl (C=O) groups excluding carboxylic acids is 1. The Kier molecular flexibility index (Phi) is 7.08. The quantitative estimate of drug-likeness (QED) is 0.687. The van der Waals surface area contributed by atoms with Crippen molar-refractivity contribution in [3.05, 3.63) is 35.9 Å². The molecule has 1 rings (SSSR count). The Hall–Kier alpha value is -1.02. The van der Waals surface area contributed by atoms with E-state index in [0.717, 1.165) is 12.0 Å². The lowest BCUT2D eigenvalue weighted by molar-refractivity contribution is -0.135. The summed E-state index contributed by atoms with van der Waals surface area (Å²) in [5, 5.41) is 0. The molecule has 0 aliphatic heterocycles. The van der Waals surface area contributed by atoms with Crippen LogP contribution in [0, 0.1) is 5.92 Å². The molecule has 0 saturated heterocycles. The number of hydrogen-bond acceptors (Lipinski definition) is 1. The Morgan fingerprint density at radius 1 is 1.20 bits per heavy atom. The highest BCUT2D eigenvalue weighted by Crippen LogP contribution is 2.29. The van der Waals surface area contributed by atoms with Gasteiger partial charge in [0.25, 0.3) is 0 Å². The summed E-state index contributed by atoms with van der Waals surface area (Å²) in [5.74, 6) is 0.917. The third kappa shape index (κ3) is 4.24. The fourth-order valence-electron chi connectivity index (χ4n) is 2.50. The van der Waals surface area contributed by atoms with Crippen molar-refractivity contribution in [2.45, 2.75) is 46.1 Å². The van der Waals surface area contributed by atoms with Gasteiger partial charge < -0.3 is 4.90 Å². The molecule has 2 atom stereocenters. The van der Waals surface area contributed by atoms with Gasteiger partial charge in [-0.05, 0) is 25.3 Å². The normalized spacial score (nSPS) is 14.1. The van der Waals surface area contributed by atoms with Crippen LogP contribution in [-0.2, 0) is 4.79 Å². The highest BCUT2D eigenvalue weighted by molar-refractivity contribution is 6.18. The Labute approximate surface area is 128 Å². The molecule has 3 heteroatoms. The summed E-state index contributed by atoms with van der Waals surface area (Å²) < 4.78 is 0. The minimum Gasteiger partial charge on any atom is -0.339 e. The van der Waals surface area contributed by atoms with E-state index in [-0.39, 0.29) is 17.9 Å². The molecule has 0 aliphatic rings. The molecule has 0 heterocycles. The average molecular weight is 296 g/mol. The zero-order valence-electron chi connectivity index (χ0n) is 13.0. The average Bonchev–Trinajstić information content (AvgIpc) is 2.45. The standard InChI is InChI=1S/C17H26ClNO/c1-5-14(4)16(15-9-7-6-8-10-15)17(20)19(12-11-18)13(2)3/h6-10,13-14,16H,5,11-12H2,1-4H3. The third-order valence-corrected chi connectivity index (χ3v) is 4.04. The predicted octanol–water partition coefficient (Wildman–Crippen LogP) is 4.29. The van der Waals surface area contributed by atoms with Crippen molar-refractivity contribution in [1.82, 2.24) is 4.90 Å². The topological polar surface area (TPSA) is 20.3 Å². The molecule has 0 saturated carbocycles. The second-order valence-electron chi connectivity index (χ2n) is 5.59. The fourth-order valence-corrected chi connectivity index (χ4v) is 2.69. The molecule has 1 aromatic carbocycles. The van der Waals surface area contributed by atoms with Gasteiger partial charge in [-0.15, -0.1) is 11.6 Å². The maximum absolute atomic E-state index is 12.9. The van der Waals surface area contributed by atoms with Crippen LogP contribution < -0.4 is 0 Å². The van der Waals surface area contributed by atoms with E-state index >= 15 is 0 Å². The van der Waals surface area contributed by atoms with E-state index in [2.05, 4.69) is 13.8 Å². The van der Waals surface area contributed by atoms with Gasteiger partial charge in [0.05, 0.1) is 5.92 Å². The number of rotatable bonds is 7. The number of benzene rings is 1. The number of hydrogen-bond donors (Lipinski definition) is 0. The van der Waals surface area contributed by atoms with Crippen molar-refractivity contribution >= 4 is 17.5 Å². The van der Waals surface area contributed by atoms with Crippen LogP contribution in [0.25, 0.3) is 0 Å². The molecule has 0 radical (unpaired) electrons. The molecule has 1 aromatic rings. The third-order valence-electron chi connectivity index (χ3n) is 3.87. The van der Waals surface area contributed by atoms with Crippen LogP contribution in [0.2, 0.25) is 0 Å². The summed E-state index contributed by atoms with van der Waals surface area (Å²) in [4.78, 5) is 14.8. The minimum atomic E-state index is -0.0770. The molecule has 0 bridgehead atoms. The van der Waals surface area contributed by atoms with Crippen LogP contribution in [0.1, 0.15) is 45.6 Å². The zero-order valence-corrected chi connectivity index (χ0v) is 13.7. The zero-order chi connectivity index (χ0) is 15.1. The lowest BCUT2D eigenvalue weighted by Crippen LogP contribution is -2.42. The molecule has 112 valence electrons. The van der Waals surface area contributed by atoms with Gasteiger partial charge in [-0.2, -0.15) is 0 Å². The first kappa shape index (κ1) is 17.0. The number of carbonyl (C=O) groups is 1. The van der Waals surface area contributed by atoms with Crippen molar-refractivity contribution in [1.29, 1.82) is 0 Å². The molecule has 0 fully saturated rings. The van der Waals surface area contributed by atoms with Crippen LogP contribution in [0.15, 0.2) is 30.3 Å². The summed E-state index contributed by atoms with van der Waals surface area (Å²) in [6, 6.07) is 10.3. The monoisotopic (exact) mass is 295 g/mol. The Balaban J connectivity index is 3.07. The first-order chi connectivity index (χ1) is 9.52. The molecule has 0 aromatic heterocycles. The van der Waals surface area contributed by atoms with E-state index in [9.17, 15) is 4.79 Å². The lowest BCUT2D eigenvalue weighted by Gasteiger charge is -2.32. The molecule has 2 unspecified atom stereocenters. The van der Waals surface area contributed by atoms with Gasteiger partial charge in [0, 0.05) is 18.5 Å². The second kappa shape index (κ2) is 8.31. The highest BCUT2D eigenvalue weighted by atomic mass is 35.5. The van der Waals surface area contributed by atoms with Crippen molar-refractivity contribution in [2.24, 2.45) is 5.92 Å². The number of amides is 1. The summed E-state index contributed by atoms with van der Waals surface area (Å²) >= 11 is 5.85. The molecular formula is C17H26ClNO. The number of alkyl halides is 1. The Morgan fingerprint density at radius 2 is 1.80 bits per heavy atom. The smallest absolute Gasteiger partial charge is 0.230 e. The SMILES string of the molecule is CCC(C)C(C(=O)N(CCCl)C(C)C)c1ccccc1. The van der Waals surface area contributed by atoms with E-state index in [0.29, 0.717) is 18.3 Å². The van der Waals surface area contributed by atoms with Crippen molar-refractivity contribution in [3.8, 4) is 0 Å². The van der Waals surface area contributed by atoms with Crippen LogP contribution >= 0.6 is 11.6 Å². The van der Waals surface area contributed by atoms with E-state index in [1.54, 1.807) is 0 Å². The van der Waals surface area contributed by atoms with Crippen molar-refractivity contribution in [3.63, 3.8) is 0 Å². The molecule has 1 amide bonds. The number of nitrogens with zero attached hydrogens (tertiary/aromatic N) is 1. The van der Waals surface area contributed by atoms with Crippen molar-refractivity contribution < 1.29 is 4.79 Å². The maximum Gasteiger partial charge on any atom is 0.230 e. The van der Waals surface area contributed by atoms with Gasteiger partial charge in [0.15, 0.2) is 0 Å². The highest BCUT2D eigenvalue weighted by Gasteiger charge is 2.30. The molecule has 0 spiro atoms. The van der Waals surface area contributed by atoms with Gasteiger partial charge in [-0.3, -0.25) is 4.79 Å². The lowest BCUT2D eigenvalue weighted by atomic mass is 9.84. The van der Waals surface area contributed by atoms with Gasteiger partial charge >= 0.3 is 0 Å². The Morgan fingerprint density at radius 3 is 2.25 bits per heavy atom. The van der Waals surface area contributed by atoms with Gasteiger partial charge in [-0.25, -0.2) is 0 Å². The van der Waals surface area contributed by atoms with Crippen molar-refractivity contribution in [2.75, 3.05) is 12.4 Å². The summed E-state index contributed by atoms with van der Waals surface area (Å²) in [7, 11) is 0. The number of halogens is 1. The van der Waals surface area contributed by atoms with Crippen LogP contribution in [0.3, 0.4) is 0 Å². The first-order valence-electron chi connectivity index (χ1n) is 7.44. The Bertz CT molecular complexity index is 405. The van der Waals surface area contributed by atoms with E-state index in [1.165, 1.54) is 0 Å². The van der Waals surface area contributed by atoms with Gasteiger partial charge in [0.1, 0.15) is 0 Å². The molecule has 20 heavy (non-hydrogen) atoms. The summed E-state index contributed by atoms with van der Waals surface area (Å²) in [6.07, 6.45) is 0.984. The van der Waals surface area contributed by atoms with Gasteiger partial charge in [-0.1, -0.05) is 50.6 Å². The van der Waals surface area contributed by atoms with Crippen LogP contribution in [-0.4, -0.2) is 29.3 Å². The fraction of sp³-hybridized carbons (Fsp3) is 0.588. The van der Waals surface area contributed by atoms with E-state index in [4.69, 9.17) is 11.6 Å². The predicted molar refractivity (Wildman–Crippen MR) is 86.2 cm³/mol. The van der Waals surface area contributed by atoms with Crippen LogP contribution in [0.4, 0.5) is 0 Å².